The number of rotatable bonds is 3. The Bertz CT molecular complexity index is 818. The summed E-state index contributed by atoms with van der Waals surface area (Å²) >= 11 is 0. The molecule has 0 unspecified atom stereocenters. The molecule has 3 aromatic rings. The number of aromatic nitrogens is 2. The van der Waals surface area contributed by atoms with E-state index >= 15 is 0 Å². The molecule has 0 bridgehead atoms. The zero-order valence-electron chi connectivity index (χ0n) is 12.9. The maximum Gasteiger partial charge on any atom is 0.275 e. The van der Waals surface area contributed by atoms with Gasteiger partial charge in [0, 0.05) is 37.9 Å². The van der Waals surface area contributed by atoms with Crippen LogP contribution in [0.4, 0.5) is 11.4 Å². The lowest BCUT2D eigenvalue weighted by Crippen LogP contribution is -2.13. The van der Waals surface area contributed by atoms with E-state index in [9.17, 15) is 4.79 Å². The van der Waals surface area contributed by atoms with Crippen LogP contribution in [-0.4, -0.2) is 29.4 Å². The van der Waals surface area contributed by atoms with E-state index in [4.69, 9.17) is 0 Å². The van der Waals surface area contributed by atoms with E-state index in [1.54, 1.807) is 6.20 Å². The van der Waals surface area contributed by atoms with Crippen molar-refractivity contribution in [2.24, 2.45) is 0 Å². The lowest BCUT2D eigenvalue weighted by atomic mass is 10.2. The summed E-state index contributed by atoms with van der Waals surface area (Å²) in [6.07, 6.45) is 3.64. The summed E-state index contributed by atoms with van der Waals surface area (Å²) in [5.74, 6) is -0.209. The van der Waals surface area contributed by atoms with Crippen LogP contribution in [0.3, 0.4) is 0 Å². The molecule has 0 spiro atoms. The molecule has 22 heavy (non-hydrogen) atoms. The second-order valence-electron chi connectivity index (χ2n) is 5.49. The number of fused-ring (bicyclic) bond motifs is 1. The summed E-state index contributed by atoms with van der Waals surface area (Å²) < 4.78 is 1.84. The number of aryl methyl sites for hydroxylation is 1. The second-order valence-corrected chi connectivity index (χ2v) is 5.49. The van der Waals surface area contributed by atoms with Crippen molar-refractivity contribution in [1.82, 2.24) is 9.38 Å². The number of pyridine rings is 1. The molecular formula is C17H18N4O. The molecule has 1 aromatic carbocycles. The van der Waals surface area contributed by atoms with Crippen molar-refractivity contribution in [3.63, 3.8) is 0 Å². The number of anilines is 2. The predicted octanol–water partition coefficient (Wildman–Crippen LogP) is 2.96. The van der Waals surface area contributed by atoms with Gasteiger partial charge in [0.2, 0.25) is 0 Å². The molecule has 0 aliphatic rings. The molecule has 3 rings (SSSR count). The van der Waals surface area contributed by atoms with Crippen LogP contribution in [0.5, 0.6) is 0 Å². The second kappa shape index (κ2) is 5.52. The molecular weight excluding hydrogens is 276 g/mol. The maximum absolute atomic E-state index is 12.3. The van der Waals surface area contributed by atoms with Crippen LogP contribution in [0.2, 0.25) is 0 Å². The molecule has 0 atom stereocenters. The lowest BCUT2D eigenvalue weighted by molar-refractivity contribution is 0.102. The monoisotopic (exact) mass is 294 g/mol. The molecule has 0 fully saturated rings. The molecule has 112 valence electrons. The molecule has 1 N–H and O–H groups in total. The number of amides is 1. The highest BCUT2D eigenvalue weighted by Crippen LogP contribution is 2.16. The Morgan fingerprint density at radius 1 is 1.18 bits per heavy atom. The molecule has 0 saturated heterocycles. The van der Waals surface area contributed by atoms with Crippen LogP contribution in [0, 0.1) is 6.92 Å². The maximum atomic E-state index is 12.3. The highest BCUT2D eigenvalue weighted by atomic mass is 16.1. The number of carbonyl (C=O) groups is 1. The minimum absolute atomic E-state index is 0.209. The van der Waals surface area contributed by atoms with Crippen LogP contribution < -0.4 is 10.2 Å². The molecule has 0 saturated carbocycles. The van der Waals surface area contributed by atoms with Gasteiger partial charge in [0.25, 0.3) is 5.91 Å². The van der Waals surface area contributed by atoms with E-state index in [1.165, 1.54) is 0 Å². The highest BCUT2D eigenvalue weighted by Gasteiger charge is 2.11. The van der Waals surface area contributed by atoms with Gasteiger partial charge in [-0.25, -0.2) is 4.98 Å². The first kappa shape index (κ1) is 14.1. The standard InChI is InChI=1S/C17H18N4O/c1-12-8-9-21-11-15(19-16(21)10-12)17(22)18-13-4-6-14(7-5-13)20(2)3/h4-11H,1-3H3,(H,18,22). The Balaban J connectivity index is 1.80. The number of hydrogen-bond donors (Lipinski definition) is 1. The zero-order chi connectivity index (χ0) is 15.7. The first-order chi connectivity index (χ1) is 10.5. The Hall–Kier alpha value is -2.82. The van der Waals surface area contributed by atoms with Gasteiger partial charge < -0.3 is 14.6 Å². The molecule has 5 heteroatoms. The number of hydrogen-bond acceptors (Lipinski definition) is 3. The van der Waals surface area contributed by atoms with Gasteiger partial charge >= 0.3 is 0 Å². The van der Waals surface area contributed by atoms with Gasteiger partial charge in [-0.2, -0.15) is 0 Å². The van der Waals surface area contributed by atoms with Crippen molar-refractivity contribution in [1.29, 1.82) is 0 Å². The van der Waals surface area contributed by atoms with Crippen molar-refractivity contribution in [2.75, 3.05) is 24.3 Å². The van der Waals surface area contributed by atoms with E-state index < -0.39 is 0 Å². The molecule has 1 amide bonds. The van der Waals surface area contributed by atoms with Gasteiger partial charge in [-0.3, -0.25) is 4.79 Å². The largest absolute Gasteiger partial charge is 0.378 e. The van der Waals surface area contributed by atoms with Crippen molar-refractivity contribution < 1.29 is 4.79 Å². The SMILES string of the molecule is Cc1ccn2cc(C(=O)Nc3ccc(N(C)C)cc3)nc2c1. The van der Waals surface area contributed by atoms with E-state index in [0.29, 0.717) is 5.69 Å². The number of nitrogens with zero attached hydrogens (tertiary/aromatic N) is 3. The fourth-order valence-corrected chi connectivity index (χ4v) is 2.23. The van der Waals surface area contributed by atoms with Crippen molar-refractivity contribution in [3.05, 3.63) is 60.0 Å². The molecule has 5 nitrogen and oxygen atoms in total. The van der Waals surface area contributed by atoms with Gasteiger partial charge in [-0.1, -0.05) is 0 Å². The minimum atomic E-state index is -0.209. The summed E-state index contributed by atoms with van der Waals surface area (Å²) in [6, 6.07) is 11.6. The fourth-order valence-electron chi connectivity index (χ4n) is 2.23. The first-order valence-electron chi connectivity index (χ1n) is 7.07. The first-order valence-corrected chi connectivity index (χ1v) is 7.07. The van der Waals surface area contributed by atoms with E-state index in [1.807, 2.05) is 72.9 Å². The summed E-state index contributed by atoms with van der Waals surface area (Å²) in [7, 11) is 3.96. The summed E-state index contributed by atoms with van der Waals surface area (Å²) in [6.45, 7) is 2.00. The Labute approximate surface area is 129 Å². The topological polar surface area (TPSA) is 49.6 Å². The van der Waals surface area contributed by atoms with Crippen molar-refractivity contribution in [2.45, 2.75) is 6.92 Å². The van der Waals surface area contributed by atoms with Gasteiger partial charge in [0.05, 0.1) is 0 Å². The van der Waals surface area contributed by atoms with E-state index in [2.05, 4.69) is 10.3 Å². The summed E-state index contributed by atoms with van der Waals surface area (Å²) in [5, 5.41) is 2.87. The van der Waals surface area contributed by atoms with Gasteiger partial charge in [0.1, 0.15) is 11.3 Å². The van der Waals surface area contributed by atoms with Crippen LogP contribution in [0.15, 0.2) is 48.8 Å². The average Bonchev–Trinajstić information content (AvgIpc) is 2.91. The average molecular weight is 294 g/mol. The molecule has 0 aliphatic carbocycles. The van der Waals surface area contributed by atoms with Gasteiger partial charge in [0.15, 0.2) is 0 Å². The van der Waals surface area contributed by atoms with Crippen LogP contribution in [-0.2, 0) is 0 Å². The Kier molecular flexibility index (Phi) is 3.55. The van der Waals surface area contributed by atoms with Gasteiger partial charge in [-0.05, 0) is 48.9 Å². The van der Waals surface area contributed by atoms with Crippen LogP contribution in [0.25, 0.3) is 5.65 Å². The normalized spacial score (nSPS) is 10.7. The predicted molar refractivity (Wildman–Crippen MR) is 88.7 cm³/mol. The minimum Gasteiger partial charge on any atom is -0.378 e. The van der Waals surface area contributed by atoms with E-state index in [0.717, 1.165) is 22.6 Å². The highest BCUT2D eigenvalue weighted by molar-refractivity contribution is 6.03. The molecule has 2 aromatic heterocycles. The molecule has 2 heterocycles. The third kappa shape index (κ3) is 2.79. The Morgan fingerprint density at radius 3 is 2.59 bits per heavy atom. The number of nitrogens with one attached hydrogen (secondary N) is 1. The zero-order valence-corrected chi connectivity index (χ0v) is 12.9. The van der Waals surface area contributed by atoms with Crippen LogP contribution >= 0.6 is 0 Å². The summed E-state index contributed by atoms with van der Waals surface area (Å²) in [4.78, 5) is 18.7. The smallest absolute Gasteiger partial charge is 0.275 e. The van der Waals surface area contributed by atoms with Crippen LogP contribution in [0.1, 0.15) is 16.1 Å². The fraction of sp³-hybridized carbons (Fsp3) is 0.176. The van der Waals surface area contributed by atoms with Gasteiger partial charge in [-0.15, -0.1) is 0 Å². The lowest BCUT2D eigenvalue weighted by Gasteiger charge is -2.12. The molecule has 0 aliphatic heterocycles. The Morgan fingerprint density at radius 2 is 1.91 bits per heavy atom. The third-order valence-corrected chi connectivity index (χ3v) is 3.49. The summed E-state index contributed by atoms with van der Waals surface area (Å²) in [5.41, 5.74) is 4.13. The van der Waals surface area contributed by atoms with E-state index in [-0.39, 0.29) is 5.91 Å². The number of imidazole rings is 1. The quantitative estimate of drug-likeness (QED) is 0.808. The third-order valence-electron chi connectivity index (χ3n) is 3.49. The number of benzene rings is 1. The van der Waals surface area contributed by atoms with Crippen molar-refractivity contribution in [3.8, 4) is 0 Å². The number of carbonyl (C=O) groups excluding carboxylic acids is 1. The molecule has 0 radical (unpaired) electrons. The van der Waals surface area contributed by atoms with Crippen molar-refractivity contribution >= 4 is 22.9 Å².